The molecular weight excluding hydrogens is 450 g/mol. The molecule has 1 heterocycles. The minimum atomic E-state index is -0.493. The van der Waals surface area contributed by atoms with E-state index in [1.807, 2.05) is 63.1 Å². The molecule has 0 fully saturated rings. The first-order valence-corrected chi connectivity index (χ1v) is 12.1. The first-order chi connectivity index (χ1) is 17.1. The van der Waals surface area contributed by atoms with Gasteiger partial charge in [-0.2, -0.15) is 4.98 Å². The van der Waals surface area contributed by atoms with Gasteiger partial charge in [0, 0.05) is 17.7 Å². The van der Waals surface area contributed by atoms with E-state index in [2.05, 4.69) is 60.4 Å². The zero-order chi connectivity index (χ0) is 25.9. The fraction of sp³-hybridized carbons (Fsp3) is 0.300. The number of aryl methyl sites for hydroxylation is 2. The third-order valence-electron chi connectivity index (χ3n) is 5.79. The topological polar surface area (TPSA) is 68.5 Å². The van der Waals surface area contributed by atoms with Crippen LogP contribution in [-0.2, 0) is 16.1 Å². The Hall–Kier alpha value is -3.77. The highest BCUT2D eigenvalue weighted by atomic mass is 16.6. The summed E-state index contributed by atoms with van der Waals surface area (Å²) in [5.41, 5.74) is 7.11. The van der Waals surface area contributed by atoms with Crippen molar-refractivity contribution >= 4 is 5.97 Å². The van der Waals surface area contributed by atoms with E-state index >= 15 is 0 Å². The van der Waals surface area contributed by atoms with Gasteiger partial charge in [0.1, 0.15) is 5.60 Å². The second-order valence-corrected chi connectivity index (χ2v) is 10.2. The maximum absolute atomic E-state index is 12.1. The van der Waals surface area contributed by atoms with Crippen molar-refractivity contribution in [3.05, 3.63) is 83.4 Å². The van der Waals surface area contributed by atoms with E-state index < -0.39 is 5.60 Å². The van der Waals surface area contributed by atoms with E-state index in [9.17, 15) is 4.79 Å². The van der Waals surface area contributed by atoms with Gasteiger partial charge in [0.15, 0.2) is 0 Å². The van der Waals surface area contributed by atoms with Gasteiger partial charge in [0.25, 0.3) is 5.89 Å². The Kier molecular flexibility index (Phi) is 7.36. The maximum Gasteiger partial charge on any atom is 0.320 e. The lowest BCUT2D eigenvalue weighted by Crippen LogP contribution is -2.32. The van der Waals surface area contributed by atoms with Gasteiger partial charge in [-0.05, 0) is 87.7 Å². The molecule has 1 aromatic heterocycles. The number of likely N-dealkylation sites (N-methyl/N-ethyl adjacent to an activating group) is 1. The fourth-order valence-corrected chi connectivity index (χ4v) is 4.20. The van der Waals surface area contributed by atoms with Crippen LogP contribution in [0, 0.1) is 13.8 Å². The Labute approximate surface area is 212 Å². The van der Waals surface area contributed by atoms with Crippen molar-refractivity contribution in [1.29, 1.82) is 0 Å². The van der Waals surface area contributed by atoms with Crippen LogP contribution in [0.3, 0.4) is 0 Å². The molecule has 6 nitrogen and oxygen atoms in total. The lowest BCUT2D eigenvalue weighted by molar-refractivity contribution is -0.155. The molecular formula is C30H33N3O3. The molecule has 0 saturated heterocycles. The molecule has 0 saturated carbocycles. The van der Waals surface area contributed by atoms with Gasteiger partial charge in [-0.25, -0.2) is 0 Å². The van der Waals surface area contributed by atoms with Gasteiger partial charge in [-0.3, -0.25) is 9.69 Å². The summed E-state index contributed by atoms with van der Waals surface area (Å²) < 4.78 is 11.0. The molecule has 4 rings (SSSR count). The van der Waals surface area contributed by atoms with Crippen LogP contribution in [0.4, 0.5) is 0 Å². The third-order valence-corrected chi connectivity index (χ3v) is 5.79. The lowest BCUT2D eigenvalue weighted by atomic mass is 9.95. The van der Waals surface area contributed by atoms with Gasteiger partial charge >= 0.3 is 5.97 Å². The van der Waals surface area contributed by atoms with Crippen LogP contribution in [0.15, 0.2) is 71.3 Å². The van der Waals surface area contributed by atoms with Crippen LogP contribution >= 0.6 is 0 Å². The fourth-order valence-electron chi connectivity index (χ4n) is 4.20. The first kappa shape index (κ1) is 25.3. The summed E-state index contributed by atoms with van der Waals surface area (Å²) in [6.07, 6.45) is 0. The molecule has 0 N–H and O–H groups in total. The van der Waals surface area contributed by atoms with Crippen LogP contribution in [-0.4, -0.2) is 40.2 Å². The largest absolute Gasteiger partial charge is 0.459 e. The van der Waals surface area contributed by atoms with E-state index in [4.69, 9.17) is 9.26 Å². The van der Waals surface area contributed by atoms with Crippen LogP contribution < -0.4 is 0 Å². The number of benzene rings is 3. The summed E-state index contributed by atoms with van der Waals surface area (Å²) in [5.74, 6) is 0.770. The van der Waals surface area contributed by atoms with Gasteiger partial charge in [-0.1, -0.05) is 53.7 Å². The summed E-state index contributed by atoms with van der Waals surface area (Å²) in [7, 11) is 1.89. The van der Waals surface area contributed by atoms with Crippen molar-refractivity contribution in [1.82, 2.24) is 15.0 Å². The van der Waals surface area contributed by atoms with Crippen molar-refractivity contribution in [3.8, 4) is 34.0 Å². The highest BCUT2D eigenvalue weighted by Crippen LogP contribution is 2.30. The standard InChI is InChI=1S/C30H33N3O3/c1-20-10-7-8-13-25(20)26-15-14-24(16-21(26)2)29-31-28(32-36-29)23-12-9-11-22(17-23)18-33(6)19-27(34)35-30(3,4)5/h7-17H,18-19H2,1-6H3. The molecule has 0 atom stereocenters. The number of hydrogen-bond donors (Lipinski definition) is 0. The Morgan fingerprint density at radius 3 is 2.39 bits per heavy atom. The third kappa shape index (κ3) is 6.26. The Bertz CT molecular complexity index is 1370. The molecule has 0 unspecified atom stereocenters. The number of rotatable bonds is 7. The molecule has 0 aliphatic heterocycles. The summed E-state index contributed by atoms with van der Waals surface area (Å²) in [5, 5.41) is 4.22. The van der Waals surface area contributed by atoms with Gasteiger partial charge in [0.2, 0.25) is 5.82 Å². The average molecular weight is 484 g/mol. The molecule has 0 spiro atoms. The monoisotopic (exact) mass is 483 g/mol. The van der Waals surface area contributed by atoms with E-state index in [1.165, 1.54) is 16.7 Å². The maximum atomic E-state index is 12.1. The zero-order valence-corrected chi connectivity index (χ0v) is 21.8. The Morgan fingerprint density at radius 1 is 0.917 bits per heavy atom. The summed E-state index contributed by atoms with van der Waals surface area (Å²) in [6, 6.07) is 22.5. The Balaban J connectivity index is 1.48. The van der Waals surface area contributed by atoms with Crippen LogP contribution in [0.1, 0.15) is 37.5 Å². The predicted octanol–water partition coefficient (Wildman–Crippen LogP) is 6.46. The van der Waals surface area contributed by atoms with Crippen LogP contribution in [0.5, 0.6) is 0 Å². The second-order valence-electron chi connectivity index (χ2n) is 10.2. The molecule has 186 valence electrons. The smallest absolute Gasteiger partial charge is 0.320 e. The number of aromatic nitrogens is 2. The first-order valence-electron chi connectivity index (χ1n) is 12.1. The molecule has 0 aliphatic rings. The minimum Gasteiger partial charge on any atom is -0.459 e. The number of carbonyl (C=O) groups is 1. The highest BCUT2D eigenvalue weighted by molar-refractivity contribution is 5.74. The highest BCUT2D eigenvalue weighted by Gasteiger charge is 2.18. The van der Waals surface area contributed by atoms with E-state index in [-0.39, 0.29) is 12.5 Å². The zero-order valence-electron chi connectivity index (χ0n) is 21.8. The number of carbonyl (C=O) groups excluding carboxylic acids is 1. The SMILES string of the molecule is Cc1ccccc1-c1ccc(-c2nc(-c3cccc(CN(C)CC(=O)OC(C)(C)C)c3)no2)cc1C. The summed E-state index contributed by atoms with van der Waals surface area (Å²) in [6.45, 7) is 10.6. The van der Waals surface area contributed by atoms with Crippen LogP contribution in [0.2, 0.25) is 0 Å². The normalized spacial score (nSPS) is 11.6. The molecule has 4 aromatic rings. The predicted molar refractivity (Wildman–Crippen MR) is 142 cm³/mol. The quantitative estimate of drug-likeness (QED) is 0.281. The van der Waals surface area contributed by atoms with Crippen molar-refractivity contribution in [2.24, 2.45) is 0 Å². The number of hydrogen-bond acceptors (Lipinski definition) is 6. The van der Waals surface area contributed by atoms with Crippen molar-refractivity contribution < 1.29 is 14.1 Å². The number of ether oxygens (including phenoxy) is 1. The molecule has 36 heavy (non-hydrogen) atoms. The summed E-state index contributed by atoms with van der Waals surface area (Å²) in [4.78, 5) is 18.7. The van der Waals surface area contributed by atoms with E-state index in [1.54, 1.807) is 0 Å². The molecule has 3 aromatic carbocycles. The van der Waals surface area contributed by atoms with Gasteiger partial charge < -0.3 is 9.26 Å². The van der Waals surface area contributed by atoms with Crippen molar-refractivity contribution in [2.75, 3.05) is 13.6 Å². The minimum absolute atomic E-state index is 0.214. The molecule has 0 amide bonds. The summed E-state index contributed by atoms with van der Waals surface area (Å²) >= 11 is 0. The van der Waals surface area contributed by atoms with E-state index in [0.717, 1.165) is 22.3 Å². The Morgan fingerprint density at radius 2 is 1.67 bits per heavy atom. The number of nitrogens with zero attached hydrogens (tertiary/aromatic N) is 3. The molecule has 6 heteroatoms. The van der Waals surface area contributed by atoms with Gasteiger partial charge in [-0.15, -0.1) is 0 Å². The van der Waals surface area contributed by atoms with Crippen molar-refractivity contribution in [3.63, 3.8) is 0 Å². The van der Waals surface area contributed by atoms with Gasteiger partial charge in [0.05, 0.1) is 6.54 Å². The molecule has 0 bridgehead atoms. The molecule has 0 aliphatic carbocycles. The van der Waals surface area contributed by atoms with E-state index in [0.29, 0.717) is 18.3 Å². The molecule has 0 radical (unpaired) electrons. The lowest BCUT2D eigenvalue weighted by Gasteiger charge is -2.22. The number of esters is 1. The second kappa shape index (κ2) is 10.5. The van der Waals surface area contributed by atoms with Crippen molar-refractivity contribution in [2.45, 2.75) is 46.8 Å². The van der Waals surface area contributed by atoms with Crippen LogP contribution in [0.25, 0.3) is 34.0 Å². The average Bonchev–Trinajstić information content (AvgIpc) is 3.29.